The van der Waals surface area contributed by atoms with Gasteiger partial charge in [-0.15, -0.1) is 0 Å². The molecule has 0 amide bonds. The van der Waals surface area contributed by atoms with E-state index in [2.05, 4.69) is 40.1 Å². The second kappa shape index (κ2) is 7.52. The van der Waals surface area contributed by atoms with Gasteiger partial charge in [-0.1, -0.05) is 33.8 Å². The van der Waals surface area contributed by atoms with Crippen LogP contribution in [0.4, 0.5) is 0 Å². The van der Waals surface area contributed by atoms with Crippen molar-refractivity contribution in [2.45, 2.75) is 31.6 Å². The molecule has 1 unspecified atom stereocenters. The average Bonchev–Trinajstić information content (AvgIpc) is 2.29. The van der Waals surface area contributed by atoms with Gasteiger partial charge in [0.1, 0.15) is 0 Å². The summed E-state index contributed by atoms with van der Waals surface area (Å²) in [6, 6.07) is -1.07. The lowest BCUT2D eigenvalue weighted by Gasteiger charge is -2.23. The smallest absolute Gasteiger partial charge is 0.0896 e. The SMILES string of the molecule is CCCC(N=[N+]=[N-])C(N=[N+]=[N-])(N=[N+]=[N-])N=[N+]=[N-]. The van der Waals surface area contributed by atoms with E-state index in [0.29, 0.717) is 6.42 Å². The lowest BCUT2D eigenvalue weighted by atomic mass is 10.1. The van der Waals surface area contributed by atoms with E-state index in [1.807, 2.05) is 0 Å². The minimum absolute atomic E-state index is 0.237. The fraction of sp³-hybridized carbons (Fsp3) is 1.00. The van der Waals surface area contributed by atoms with Gasteiger partial charge < -0.3 is 0 Å². The van der Waals surface area contributed by atoms with Crippen molar-refractivity contribution in [1.82, 2.24) is 0 Å². The highest BCUT2D eigenvalue weighted by molar-refractivity contribution is 4.96. The van der Waals surface area contributed by atoms with Crippen LogP contribution in [0, 0.1) is 0 Å². The fourth-order valence-corrected chi connectivity index (χ4v) is 1.12. The van der Waals surface area contributed by atoms with E-state index in [0.717, 1.165) is 0 Å². The van der Waals surface area contributed by atoms with Crippen LogP contribution in [0.3, 0.4) is 0 Å². The molecule has 0 bridgehead atoms. The molecule has 0 aromatic carbocycles. The molecule has 0 rings (SSSR count). The van der Waals surface area contributed by atoms with Crippen molar-refractivity contribution in [3.05, 3.63) is 41.8 Å². The number of hydrogen-bond acceptors (Lipinski definition) is 4. The standard InChI is InChI=1S/C5H8N12/c1-2-3-4(10-14-6)5(11-15-7,12-16-8)13-17-9/h4H,2-3H2,1H3. The number of azide groups is 2. The second-order valence-corrected chi connectivity index (χ2v) is 2.77. The Morgan fingerprint density at radius 3 is 1.71 bits per heavy atom. The molecule has 0 aromatic rings. The van der Waals surface area contributed by atoms with E-state index in [-0.39, 0.29) is 6.42 Å². The Bertz CT molecular complexity index is 394. The fourth-order valence-electron chi connectivity index (χ4n) is 1.12. The van der Waals surface area contributed by atoms with Crippen molar-refractivity contribution in [3.8, 4) is 0 Å². The molecule has 17 heavy (non-hydrogen) atoms. The zero-order valence-electron chi connectivity index (χ0n) is 8.86. The first-order chi connectivity index (χ1) is 8.20. The molecule has 0 radical (unpaired) electrons. The number of rotatable bonds is 7. The van der Waals surface area contributed by atoms with E-state index < -0.39 is 11.8 Å². The summed E-state index contributed by atoms with van der Waals surface area (Å²) in [5.41, 5.74) is 33.6. The third-order valence-electron chi connectivity index (χ3n) is 1.78. The Hall–Kier alpha value is -2.76. The van der Waals surface area contributed by atoms with Crippen molar-refractivity contribution < 1.29 is 0 Å². The highest BCUT2D eigenvalue weighted by atomic mass is 15.5. The molecule has 0 heterocycles. The molecule has 0 aromatic heterocycles. The maximum Gasteiger partial charge on any atom is 0.212 e. The maximum absolute atomic E-state index is 8.40. The predicted octanol–water partition coefficient (Wildman–Crippen LogP) is 4.05. The van der Waals surface area contributed by atoms with Gasteiger partial charge in [-0.2, -0.15) is 0 Å². The summed E-state index contributed by atoms with van der Waals surface area (Å²) in [5.74, 6) is -2.12. The third kappa shape index (κ3) is 3.71. The van der Waals surface area contributed by atoms with Crippen molar-refractivity contribution in [3.63, 3.8) is 0 Å². The molecular weight excluding hydrogens is 228 g/mol. The van der Waals surface area contributed by atoms with Gasteiger partial charge in [0.15, 0.2) is 0 Å². The van der Waals surface area contributed by atoms with Gasteiger partial charge >= 0.3 is 0 Å². The van der Waals surface area contributed by atoms with Crippen molar-refractivity contribution in [2.75, 3.05) is 0 Å². The van der Waals surface area contributed by atoms with Crippen LogP contribution in [0.25, 0.3) is 41.8 Å². The molecule has 0 fully saturated rings. The quantitative estimate of drug-likeness (QED) is 0.349. The van der Waals surface area contributed by atoms with Gasteiger partial charge in [-0.3, -0.25) is 0 Å². The Kier molecular flexibility index (Phi) is 6.30. The molecule has 0 aliphatic carbocycles. The molecule has 0 aliphatic rings. The summed E-state index contributed by atoms with van der Waals surface area (Å²) < 4.78 is 0. The van der Waals surface area contributed by atoms with Crippen LogP contribution in [0.15, 0.2) is 20.5 Å². The normalized spacial score (nSPS) is 13.7. The Labute approximate surface area is 94.7 Å². The van der Waals surface area contributed by atoms with Crippen molar-refractivity contribution in [1.29, 1.82) is 0 Å². The zero-order valence-corrected chi connectivity index (χ0v) is 8.86. The predicted molar refractivity (Wildman–Crippen MR) is 58.0 cm³/mol. The molecule has 0 aliphatic heterocycles. The average molecular weight is 236 g/mol. The van der Waals surface area contributed by atoms with E-state index >= 15 is 0 Å². The number of hydrogen-bond donors (Lipinski definition) is 0. The van der Waals surface area contributed by atoms with Gasteiger partial charge in [-0.25, -0.2) is 0 Å². The van der Waals surface area contributed by atoms with Crippen LogP contribution >= 0.6 is 0 Å². The van der Waals surface area contributed by atoms with Crippen LogP contribution in [-0.4, -0.2) is 11.8 Å². The first-order valence-electron chi connectivity index (χ1n) is 4.43. The van der Waals surface area contributed by atoms with E-state index in [9.17, 15) is 0 Å². The molecule has 0 spiro atoms. The van der Waals surface area contributed by atoms with Crippen LogP contribution in [-0.2, 0) is 0 Å². The monoisotopic (exact) mass is 236 g/mol. The van der Waals surface area contributed by atoms with E-state index in [4.69, 9.17) is 22.1 Å². The van der Waals surface area contributed by atoms with Gasteiger partial charge in [0.2, 0.25) is 5.79 Å². The van der Waals surface area contributed by atoms with E-state index in [1.54, 1.807) is 6.92 Å². The topological polar surface area (TPSA) is 195 Å². The Morgan fingerprint density at radius 1 is 0.941 bits per heavy atom. The van der Waals surface area contributed by atoms with E-state index in [1.165, 1.54) is 0 Å². The first kappa shape index (κ1) is 14.2. The Balaban J connectivity index is 5.81. The lowest BCUT2D eigenvalue weighted by Crippen LogP contribution is -2.33. The molecule has 0 saturated heterocycles. The molecule has 1 atom stereocenters. The van der Waals surface area contributed by atoms with Gasteiger partial charge in [0.25, 0.3) is 0 Å². The summed E-state index contributed by atoms with van der Waals surface area (Å²) >= 11 is 0. The molecule has 0 N–H and O–H groups in total. The largest absolute Gasteiger partial charge is 0.212 e. The maximum atomic E-state index is 8.40. The van der Waals surface area contributed by atoms with Crippen molar-refractivity contribution in [2.24, 2.45) is 20.5 Å². The number of nitrogens with zero attached hydrogens (tertiary/aromatic N) is 12. The lowest BCUT2D eigenvalue weighted by molar-refractivity contribution is 0.345. The molecule has 12 nitrogen and oxygen atoms in total. The first-order valence-corrected chi connectivity index (χ1v) is 4.43. The summed E-state index contributed by atoms with van der Waals surface area (Å²) in [6.07, 6.45) is 0.787. The minimum Gasteiger partial charge on any atom is -0.0896 e. The summed E-state index contributed by atoms with van der Waals surface area (Å²) in [4.78, 5) is 9.87. The summed E-state index contributed by atoms with van der Waals surface area (Å²) in [6.45, 7) is 1.77. The van der Waals surface area contributed by atoms with Crippen molar-refractivity contribution >= 4 is 0 Å². The van der Waals surface area contributed by atoms with Gasteiger partial charge in [0, 0.05) is 19.6 Å². The Morgan fingerprint density at radius 2 is 1.41 bits per heavy atom. The van der Waals surface area contributed by atoms with Gasteiger partial charge in [0.05, 0.1) is 6.04 Å². The molecule has 88 valence electrons. The van der Waals surface area contributed by atoms with Gasteiger partial charge in [-0.05, 0) is 28.5 Å². The van der Waals surface area contributed by atoms with Crippen LogP contribution < -0.4 is 0 Å². The summed E-state index contributed by atoms with van der Waals surface area (Å²) in [5, 5.41) is 12.8. The van der Waals surface area contributed by atoms with Crippen LogP contribution in [0.2, 0.25) is 0 Å². The molecule has 12 heteroatoms. The summed E-state index contributed by atoms with van der Waals surface area (Å²) in [7, 11) is 0. The highest BCUT2D eigenvalue weighted by Gasteiger charge is 2.35. The third-order valence-corrected chi connectivity index (χ3v) is 1.78. The van der Waals surface area contributed by atoms with Crippen LogP contribution in [0.1, 0.15) is 19.8 Å². The minimum atomic E-state index is -2.12. The highest BCUT2D eigenvalue weighted by Crippen LogP contribution is 2.27. The second-order valence-electron chi connectivity index (χ2n) is 2.77. The molecular formula is C5H8N12. The molecule has 0 saturated carbocycles. The zero-order chi connectivity index (χ0) is 13.1. The van der Waals surface area contributed by atoms with Crippen LogP contribution in [0.5, 0.6) is 0 Å².